The van der Waals surface area contributed by atoms with Crippen molar-refractivity contribution >= 4 is 11.5 Å². The van der Waals surface area contributed by atoms with E-state index in [0.29, 0.717) is 5.69 Å². The monoisotopic (exact) mass is 250 g/mol. The molecule has 0 bridgehead atoms. The average Bonchev–Trinajstić information content (AvgIpc) is 2.40. The van der Waals surface area contributed by atoms with Crippen molar-refractivity contribution in [2.45, 2.75) is 20.0 Å². The highest BCUT2D eigenvalue weighted by Gasteiger charge is 2.19. The highest BCUT2D eigenvalue weighted by molar-refractivity contribution is 5.61. The second kappa shape index (κ2) is 6.02. The van der Waals surface area contributed by atoms with Crippen LogP contribution in [0, 0.1) is 6.92 Å². The largest absolute Gasteiger partial charge is 0.396 e. The SMILES string of the molecule is CCN1CCOC(CNc2nc(C)ccc2N)C1. The Labute approximate surface area is 108 Å². The van der Waals surface area contributed by atoms with Crippen LogP contribution in [0.2, 0.25) is 0 Å². The summed E-state index contributed by atoms with van der Waals surface area (Å²) in [6, 6.07) is 3.79. The lowest BCUT2D eigenvalue weighted by Crippen LogP contribution is -2.45. The van der Waals surface area contributed by atoms with Crippen molar-refractivity contribution in [2.75, 3.05) is 43.8 Å². The van der Waals surface area contributed by atoms with Crippen LogP contribution >= 0.6 is 0 Å². The fraction of sp³-hybridized carbons (Fsp3) is 0.615. The summed E-state index contributed by atoms with van der Waals surface area (Å²) < 4.78 is 5.73. The molecule has 3 N–H and O–H groups in total. The Hall–Kier alpha value is -1.33. The maximum atomic E-state index is 5.88. The number of nitrogen functional groups attached to an aromatic ring is 1. The van der Waals surface area contributed by atoms with Crippen molar-refractivity contribution in [2.24, 2.45) is 0 Å². The van der Waals surface area contributed by atoms with Crippen molar-refractivity contribution in [3.05, 3.63) is 17.8 Å². The van der Waals surface area contributed by atoms with Crippen molar-refractivity contribution in [3.8, 4) is 0 Å². The summed E-state index contributed by atoms with van der Waals surface area (Å²) in [6.45, 7) is 8.75. The zero-order chi connectivity index (χ0) is 13.0. The van der Waals surface area contributed by atoms with E-state index in [2.05, 4.69) is 22.1 Å². The van der Waals surface area contributed by atoms with Crippen LogP contribution in [0.1, 0.15) is 12.6 Å². The maximum absolute atomic E-state index is 5.88. The minimum Gasteiger partial charge on any atom is -0.396 e. The van der Waals surface area contributed by atoms with Gasteiger partial charge in [0.05, 0.1) is 18.4 Å². The number of anilines is 2. The van der Waals surface area contributed by atoms with Crippen LogP contribution in [-0.4, -0.2) is 48.8 Å². The van der Waals surface area contributed by atoms with Crippen LogP contribution in [-0.2, 0) is 4.74 Å². The van der Waals surface area contributed by atoms with Gasteiger partial charge in [0.25, 0.3) is 0 Å². The van der Waals surface area contributed by atoms with Crippen LogP contribution in [0.3, 0.4) is 0 Å². The number of likely N-dealkylation sites (N-methyl/N-ethyl adjacent to an activating group) is 1. The second-order valence-electron chi connectivity index (χ2n) is 4.66. The molecule has 100 valence electrons. The standard InChI is InChI=1S/C13H22N4O/c1-3-17-6-7-18-11(9-17)8-15-13-12(14)5-4-10(2)16-13/h4-5,11H,3,6-9,14H2,1-2H3,(H,15,16). The smallest absolute Gasteiger partial charge is 0.149 e. The van der Waals surface area contributed by atoms with Gasteiger partial charge >= 0.3 is 0 Å². The van der Waals surface area contributed by atoms with Crippen molar-refractivity contribution in [3.63, 3.8) is 0 Å². The number of pyridine rings is 1. The molecule has 0 radical (unpaired) electrons. The highest BCUT2D eigenvalue weighted by Crippen LogP contribution is 2.16. The lowest BCUT2D eigenvalue weighted by molar-refractivity contribution is -0.0192. The third-order valence-corrected chi connectivity index (χ3v) is 3.23. The molecular weight excluding hydrogens is 228 g/mol. The van der Waals surface area contributed by atoms with Crippen LogP contribution in [0.15, 0.2) is 12.1 Å². The molecule has 1 aromatic heterocycles. The molecule has 2 rings (SSSR count). The molecule has 1 atom stereocenters. The van der Waals surface area contributed by atoms with Gasteiger partial charge in [0.1, 0.15) is 5.82 Å². The lowest BCUT2D eigenvalue weighted by Gasteiger charge is -2.32. The van der Waals surface area contributed by atoms with E-state index in [0.717, 1.165) is 44.3 Å². The van der Waals surface area contributed by atoms with Crippen LogP contribution in [0.5, 0.6) is 0 Å². The van der Waals surface area contributed by atoms with E-state index in [1.165, 1.54) is 0 Å². The zero-order valence-corrected chi connectivity index (χ0v) is 11.1. The Morgan fingerprint density at radius 3 is 3.17 bits per heavy atom. The second-order valence-corrected chi connectivity index (χ2v) is 4.66. The molecule has 0 amide bonds. The summed E-state index contributed by atoms with van der Waals surface area (Å²) in [4.78, 5) is 6.78. The molecule has 1 aliphatic rings. The molecule has 1 saturated heterocycles. The van der Waals surface area contributed by atoms with Crippen molar-refractivity contribution < 1.29 is 4.74 Å². The predicted octanol–water partition coefficient (Wildman–Crippen LogP) is 1.10. The average molecular weight is 250 g/mol. The maximum Gasteiger partial charge on any atom is 0.149 e. The van der Waals surface area contributed by atoms with Gasteiger partial charge in [0, 0.05) is 25.3 Å². The Morgan fingerprint density at radius 2 is 2.39 bits per heavy atom. The number of nitrogens with one attached hydrogen (secondary N) is 1. The van der Waals surface area contributed by atoms with E-state index in [1.807, 2.05) is 19.1 Å². The van der Waals surface area contributed by atoms with E-state index in [9.17, 15) is 0 Å². The molecule has 0 aliphatic carbocycles. The number of ether oxygens (including phenoxy) is 1. The Bertz CT molecular complexity index is 397. The van der Waals surface area contributed by atoms with Gasteiger partial charge in [-0.1, -0.05) is 6.92 Å². The van der Waals surface area contributed by atoms with Gasteiger partial charge in [0.15, 0.2) is 0 Å². The fourth-order valence-electron chi connectivity index (χ4n) is 2.11. The minimum atomic E-state index is 0.209. The summed E-state index contributed by atoms with van der Waals surface area (Å²) in [5.74, 6) is 0.757. The molecule has 0 aromatic carbocycles. The summed E-state index contributed by atoms with van der Waals surface area (Å²) >= 11 is 0. The minimum absolute atomic E-state index is 0.209. The predicted molar refractivity (Wildman–Crippen MR) is 73.7 cm³/mol. The number of morpholine rings is 1. The fourth-order valence-corrected chi connectivity index (χ4v) is 2.11. The molecule has 1 aliphatic heterocycles. The summed E-state index contributed by atoms with van der Waals surface area (Å²) in [6.07, 6.45) is 0.209. The van der Waals surface area contributed by atoms with Gasteiger partial charge in [-0.05, 0) is 25.6 Å². The number of hydrogen-bond donors (Lipinski definition) is 2. The van der Waals surface area contributed by atoms with Gasteiger partial charge in [-0.15, -0.1) is 0 Å². The molecule has 0 saturated carbocycles. The summed E-state index contributed by atoms with van der Waals surface area (Å²) in [5, 5.41) is 3.28. The summed E-state index contributed by atoms with van der Waals surface area (Å²) in [7, 11) is 0. The normalized spacial score (nSPS) is 20.9. The highest BCUT2D eigenvalue weighted by atomic mass is 16.5. The quantitative estimate of drug-likeness (QED) is 0.838. The van der Waals surface area contributed by atoms with Gasteiger partial charge < -0.3 is 15.8 Å². The van der Waals surface area contributed by atoms with Crippen LogP contribution in [0.25, 0.3) is 0 Å². The molecule has 2 heterocycles. The molecule has 1 unspecified atom stereocenters. The first-order valence-corrected chi connectivity index (χ1v) is 6.50. The molecule has 5 heteroatoms. The number of nitrogens with two attached hydrogens (primary N) is 1. The Balaban J connectivity index is 1.89. The van der Waals surface area contributed by atoms with Crippen LogP contribution < -0.4 is 11.1 Å². The van der Waals surface area contributed by atoms with E-state index in [4.69, 9.17) is 10.5 Å². The van der Waals surface area contributed by atoms with Gasteiger partial charge in [0.2, 0.25) is 0 Å². The number of rotatable bonds is 4. The number of nitrogens with zero attached hydrogens (tertiary/aromatic N) is 2. The zero-order valence-electron chi connectivity index (χ0n) is 11.1. The lowest BCUT2D eigenvalue weighted by atomic mass is 10.2. The Kier molecular flexibility index (Phi) is 4.38. The molecule has 5 nitrogen and oxygen atoms in total. The third-order valence-electron chi connectivity index (χ3n) is 3.23. The third kappa shape index (κ3) is 3.34. The van der Waals surface area contributed by atoms with E-state index in [1.54, 1.807) is 0 Å². The molecule has 1 aromatic rings. The molecule has 1 fully saturated rings. The first kappa shape index (κ1) is 13.1. The first-order chi connectivity index (χ1) is 8.69. The Morgan fingerprint density at radius 1 is 1.56 bits per heavy atom. The molecule has 0 spiro atoms. The van der Waals surface area contributed by atoms with Gasteiger partial charge in [-0.3, -0.25) is 4.90 Å². The van der Waals surface area contributed by atoms with Gasteiger partial charge in [-0.25, -0.2) is 4.98 Å². The van der Waals surface area contributed by atoms with E-state index >= 15 is 0 Å². The first-order valence-electron chi connectivity index (χ1n) is 6.50. The van der Waals surface area contributed by atoms with E-state index < -0.39 is 0 Å². The molecule has 18 heavy (non-hydrogen) atoms. The number of aryl methyl sites for hydroxylation is 1. The topological polar surface area (TPSA) is 63.4 Å². The van der Waals surface area contributed by atoms with Crippen molar-refractivity contribution in [1.29, 1.82) is 0 Å². The number of aromatic nitrogens is 1. The van der Waals surface area contributed by atoms with Crippen LogP contribution in [0.4, 0.5) is 11.5 Å². The van der Waals surface area contributed by atoms with E-state index in [-0.39, 0.29) is 6.10 Å². The molecular formula is C13H22N4O. The summed E-state index contributed by atoms with van der Waals surface area (Å²) in [5.41, 5.74) is 7.53. The van der Waals surface area contributed by atoms with Crippen molar-refractivity contribution in [1.82, 2.24) is 9.88 Å². The van der Waals surface area contributed by atoms with Gasteiger partial charge in [-0.2, -0.15) is 0 Å². The number of hydrogen-bond acceptors (Lipinski definition) is 5.